The summed E-state index contributed by atoms with van der Waals surface area (Å²) in [5, 5.41) is 12.1. The third-order valence-electron chi connectivity index (χ3n) is 4.22. The Balaban J connectivity index is 2.28. The molecule has 1 saturated carbocycles. The van der Waals surface area contributed by atoms with Crippen LogP contribution in [0.15, 0.2) is 18.2 Å². The first-order valence-corrected chi connectivity index (χ1v) is 7.20. The second kappa shape index (κ2) is 5.37. The van der Waals surface area contributed by atoms with Crippen molar-refractivity contribution in [3.63, 3.8) is 0 Å². The summed E-state index contributed by atoms with van der Waals surface area (Å²) in [4.78, 5) is 12.0. The molecular weight excluding hydrogens is 276 g/mol. The Bertz CT molecular complexity index is 551. The van der Waals surface area contributed by atoms with Gasteiger partial charge in [0, 0.05) is 5.69 Å². The van der Waals surface area contributed by atoms with Gasteiger partial charge in [0.1, 0.15) is 5.60 Å². The highest BCUT2D eigenvalue weighted by molar-refractivity contribution is 5.98. The van der Waals surface area contributed by atoms with Crippen molar-refractivity contribution in [1.82, 2.24) is 0 Å². The molecule has 0 unspecified atom stereocenters. The van der Waals surface area contributed by atoms with Crippen LogP contribution in [0.25, 0.3) is 0 Å². The van der Waals surface area contributed by atoms with E-state index >= 15 is 0 Å². The van der Waals surface area contributed by atoms with Crippen LogP contribution in [0.4, 0.5) is 14.5 Å². The maximum Gasteiger partial charge on any atom is 0.352 e. The molecule has 0 radical (unpaired) electrons. The molecule has 116 valence electrons. The summed E-state index contributed by atoms with van der Waals surface area (Å²) in [5.74, 6) is -5.11. The van der Waals surface area contributed by atoms with E-state index in [0.29, 0.717) is 12.1 Å². The summed E-state index contributed by atoms with van der Waals surface area (Å²) in [6.07, 6.45) is 0.428. The lowest BCUT2D eigenvalue weighted by Gasteiger charge is -2.41. The average molecular weight is 297 g/mol. The highest BCUT2D eigenvalue weighted by Crippen LogP contribution is 2.45. The Morgan fingerprint density at radius 3 is 2.48 bits per heavy atom. The number of para-hydroxylation sites is 1. The van der Waals surface area contributed by atoms with Crippen LogP contribution < -0.4 is 5.32 Å². The van der Waals surface area contributed by atoms with Crippen molar-refractivity contribution in [3.8, 4) is 0 Å². The van der Waals surface area contributed by atoms with E-state index in [4.69, 9.17) is 0 Å². The number of carbonyl (C=O) groups is 1. The van der Waals surface area contributed by atoms with Crippen molar-refractivity contribution in [3.05, 3.63) is 29.3 Å². The van der Waals surface area contributed by atoms with Crippen LogP contribution in [-0.4, -0.2) is 22.5 Å². The van der Waals surface area contributed by atoms with Gasteiger partial charge in [-0.25, -0.2) is 0 Å². The van der Waals surface area contributed by atoms with Crippen LogP contribution >= 0.6 is 0 Å². The Hall–Kier alpha value is -1.49. The molecule has 1 aliphatic carbocycles. The molecule has 0 bridgehead atoms. The standard InChI is InChI=1S/C16H21F2NO2/c1-10(2)12-7-4-6-11(3)13(12)19-14(20)16(17,18)15(21)8-5-9-15/h4,6-7,10,21H,5,8-9H2,1-3H3,(H,19,20). The smallest absolute Gasteiger partial charge is 0.352 e. The maximum absolute atomic E-state index is 14.1. The molecule has 0 atom stereocenters. The van der Waals surface area contributed by atoms with Gasteiger partial charge in [-0.1, -0.05) is 32.0 Å². The zero-order valence-corrected chi connectivity index (χ0v) is 12.5. The third kappa shape index (κ3) is 2.67. The van der Waals surface area contributed by atoms with Crippen LogP contribution in [0.3, 0.4) is 0 Å². The van der Waals surface area contributed by atoms with Crippen LogP contribution in [0.1, 0.15) is 50.2 Å². The molecule has 2 rings (SSSR count). The molecule has 21 heavy (non-hydrogen) atoms. The van der Waals surface area contributed by atoms with E-state index in [-0.39, 0.29) is 18.8 Å². The van der Waals surface area contributed by atoms with Crippen molar-refractivity contribution >= 4 is 11.6 Å². The van der Waals surface area contributed by atoms with Crippen LogP contribution in [0.5, 0.6) is 0 Å². The zero-order valence-electron chi connectivity index (χ0n) is 12.5. The second-order valence-corrected chi connectivity index (χ2v) is 6.11. The predicted molar refractivity (Wildman–Crippen MR) is 77.6 cm³/mol. The second-order valence-electron chi connectivity index (χ2n) is 6.11. The molecular formula is C16H21F2NO2. The summed E-state index contributed by atoms with van der Waals surface area (Å²) >= 11 is 0. The van der Waals surface area contributed by atoms with E-state index in [0.717, 1.165) is 11.1 Å². The summed E-state index contributed by atoms with van der Waals surface area (Å²) in [7, 11) is 0. The maximum atomic E-state index is 14.1. The molecule has 0 spiro atoms. The Morgan fingerprint density at radius 1 is 1.38 bits per heavy atom. The van der Waals surface area contributed by atoms with Gasteiger partial charge in [0.2, 0.25) is 0 Å². The van der Waals surface area contributed by atoms with E-state index < -0.39 is 17.4 Å². The molecule has 5 heteroatoms. The Morgan fingerprint density at radius 2 is 2.00 bits per heavy atom. The van der Waals surface area contributed by atoms with Crippen molar-refractivity contribution < 1.29 is 18.7 Å². The number of aryl methyl sites for hydroxylation is 1. The number of amides is 1. The zero-order chi connectivity index (χ0) is 15.8. The number of hydrogen-bond acceptors (Lipinski definition) is 2. The Kier molecular flexibility index (Phi) is 4.06. The number of nitrogens with one attached hydrogen (secondary N) is 1. The highest BCUT2D eigenvalue weighted by atomic mass is 19.3. The van der Waals surface area contributed by atoms with Crippen LogP contribution in [0, 0.1) is 6.92 Å². The fourth-order valence-corrected chi connectivity index (χ4v) is 2.57. The van der Waals surface area contributed by atoms with Crippen molar-refractivity contribution in [2.45, 2.75) is 57.5 Å². The first-order chi connectivity index (χ1) is 9.69. The molecule has 0 saturated heterocycles. The van der Waals surface area contributed by atoms with E-state index in [1.165, 1.54) is 0 Å². The lowest BCUT2D eigenvalue weighted by atomic mass is 9.75. The van der Waals surface area contributed by atoms with E-state index in [1.54, 1.807) is 13.0 Å². The topological polar surface area (TPSA) is 49.3 Å². The summed E-state index contributed by atoms with van der Waals surface area (Å²) < 4.78 is 28.3. The minimum atomic E-state index is -3.78. The SMILES string of the molecule is Cc1cccc(C(C)C)c1NC(=O)C(F)(F)C1(O)CCC1. The first kappa shape index (κ1) is 15.9. The lowest BCUT2D eigenvalue weighted by Crippen LogP contribution is -2.59. The van der Waals surface area contributed by atoms with Gasteiger partial charge in [0.05, 0.1) is 0 Å². The molecule has 1 amide bonds. The van der Waals surface area contributed by atoms with Gasteiger partial charge in [-0.2, -0.15) is 8.78 Å². The summed E-state index contributed by atoms with van der Waals surface area (Å²) in [5.41, 5.74) is -0.247. The number of carbonyl (C=O) groups excluding carboxylic acids is 1. The molecule has 3 nitrogen and oxygen atoms in total. The van der Waals surface area contributed by atoms with E-state index in [1.807, 2.05) is 26.0 Å². The molecule has 0 aliphatic heterocycles. The molecule has 1 aromatic rings. The third-order valence-corrected chi connectivity index (χ3v) is 4.22. The molecule has 0 aromatic heterocycles. The highest BCUT2D eigenvalue weighted by Gasteiger charge is 2.61. The average Bonchev–Trinajstić information content (AvgIpc) is 2.37. The van der Waals surface area contributed by atoms with Crippen LogP contribution in [0.2, 0.25) is 0 Å². The molecule has 1 aromatic carbocycles. The number of benzene rings is 1. The monoisotopic (exact) mass is 297 g/mol. The fraction of sp³-hybridized carbons (Fsp3) is 0.562. The van der Waals surface area contributed by atoms with Gasteiger partial charge in [-0.3, -0.25) is 4.79 Å². The van der Waals surface area contributed by atoms with Gasteiger partial charge < -0.3 is 10.4 Å². The minimum Gasteiger partial charge on any atom is -0.383 e. The number of alkyl halides is 2. The van der Waals surface area contributed by atoms with E-state index in [9.17, 15) is 18.7 Å². The van der Waals surface area contributed by atoms with Crippen molar-refractivity contribution in [2.75, 3.05) is 5.32 Å². The number of halogens is 2. The molecule has 2 N–H and O–H groups in total. The molecule has 1 fully saturated rings. The molecule has 0 heterocycles. The minimum absolute atomic E-state index is 0.0434. The van der Waals surface area contributed by atoms with Crippen molar-refractivity contribution in [2.24, 2.45) is 0 Å². The number of aliphatic hydroxyl groups is 1. The number of anilines is 1. The first-order valence-electron chi connectivity index (χ1n) is 7.20. The predicted octanol–water partition coefficient (Wildman–Crippen LogP) is 3.61. The van der Waals surface area contributed by atoms with Gasteiger partial charge in [-0.15, -0.1) is 0 Å². The van der Waals surface area contributed by atoms with Gasteiger partial charge in [-0.05, 0) is 43.2 Å². The number of hydrogen-bond donors (Lipinski definition) is 2. The van der Waals surface area contributed by atoms with Gasteiger partial charge >= 0.3 is 5.92 Å². The normalized spacial score (nSPS) is 17.5. The summed E-state index contributed by atoms with van der Waals surface area (Å²) in [6.45, 7) is 5.63. The molecule has 1 aliphatic rings. The summed E-state index contributed by atoms with van der Waals surface area (Å²) in [6, 6.07) is 5.40. The number of rotatable bonds is 4. The quantitative estimate of drug-likeness (QED) is 0.892. The largest absolute Gasteiger partial charge is 0.383 e. The van der Waals surface area contributed by atoms with Gasteiger partial charge in [0.25, 0.3) is 5.91 Å². The Labute approximate surface area is 123 Å². The van der Waals surface area contributed by atoms with Crippen molar-refractivity contribution in [1.29, 1.82) is 0 Å². The van der Waals surface area contributed by atoms with E-state index in [2.05, 4.69) is 5.32 Å². The van der Waals surface area contributed by atoms with Crippen LogP contribution in [-0.2, 0) is 4.79 Å². The van der Waals surface area contributed by atoms with Gasteiger partial charge in [0.15, 0.2) is 0 Å². The fourth-order valence-electron chi connectivity index (χ4n) is 2.57. The lowest BCUT2D eigenvalue weighted by molar-refractivity contribution is -0.212.